The topological polar surface area (TPSA) is 47.0 Å². The molecule has 2 rings (SSSR count). The van der Waals surface area contributed by atoms with Crippen LogP contribution in [-0.4, -0.2) is 29.2 Å². The molecule has 1 N–H and O–H groups in total. The number of aryl methyl sites for hydroxylation is 1. The van der Waals surface area contributed by atoms with Gasteiger partial charge in [0, 0.05) is 30.8 Å². The highest BCUT2D eigenvalue weighted by Crippen LogP contribution is 2.20. The normalized spacial score (nSPS) is 24.6. The van der Waals surface area contributed by atoms with E-state index in [0.717, 1.165) is 37.5 Å². The van der Waals surface area contributed by atoms with Crippen LogP contribution in [0.4, 0.5) is 5.82 Å². The average Bonchev–Trinajstić information content (AvgIpc) is 2.72. The van der Waals surface area contributed by atoms with Gasteiger partial charge in [0.05, 0.1) is 6.10 Å². The van der Waals surface area contributed by atoms with E-state index in [9.17, 15) is 0 Å². The number of aromatic nitrogens is 2. The molecule has 0 saturated carbocycles. The van der Waals surface area contributed by atoms with Crippen LogP contribution in [0, 0.1) is 5.92 Å². The predicted octanol–water partition coefficient (Wildman–Crippen LogP) is 1.88. The zero-order chi connectivity index (χ0) is 11.4. The van der Waals surface area contributed by atoms with Gasteiger partial charge in [-0.2, -0.15) is 0 Å². The minimum absolute atomic E-state index is 0.361. The van der Waals surface area contributed by atoms with Crippen LogP contribution in [0.3, 0.4) is 0 Å². The summed E-state index contributed by atoms with van der Waals surface area (Å²) in [6.45, 7) is 6.05. The van der Waals surface area contributed by atoms with E-state index in [1.807, 2.05) is 6.07 Å². The van der Waals surface area contributed by atoms with Crippen LogP contribution < -0.4 is 5.32 Å². The van der Waals surface area contributed by atoms with Gasteiger partial charge in [0.25, 0.3) is 0 Å². The third-order valence-electron chi connectivity index (χ3n) is 3.16. The maximum absolute atomic E-state index is 5.53. The van der Waals surface area contributed by atoms with Crippen molar-refractivity contribution in [3.05, 3.63) is 18.1 Å². The maximum atomic E-state index is 5.53. The first-order chi connectivity index (χ1) is 7.79. The fraction of sp³-hybridized carbons (Fsp3) is 0.667. The Hall–Kier alpha value is -1.16. The zero-order valence-electron chi connectivity index (χ0n) is 9.94. The summed E-state index contributed by atoms with van der Waals surface area (Å²) in [5.41, 5.74) is 1.08. The monoisotopic (exact) mass is 221 g/mol. The summed E-state index contributed by atoms with van der Waals surface area (Å²) in [6.07, 6.45) is 4.07. The number of hydrogen-bond acceptors (Lipinski definition) is 4. The molecule has 0 bridgehead atoms. The van der Waals surface area contributed by atoms with Crippen LogP contribution in [0.1, 0.15) is 26.0 Å². The Labute approximate surface area is 96.4 Å². The highest BCUT2D eigenvalue weighted by molar-refractivity contribution is 5.34. The molecule has 2 unspecified atom stereocenters. The second-order valence-electron chi connectivity index (χ2n) is 4.25. The number of nitrogens with one attached hydrogen (secondary N) is 1. The Kier molecular flexibility index (Phi) is 3.72. The van der Waals surface area contributed by atoms with Crippen molar-refractivity contribution >= 4 is 5.82 Å². The van der Waals surface area contributed by atoms with E-state index >= 15 is 0 Å². The van der Waals surface area contributed by atoms with Crippen molar-refractivity contribution in [2.75, 3.05) is 18.5 Å². The van der Waals surface area contributed by atoms with Crippen molar-refractivity contribution in [2.45, 2.75) is 32.8 Å². The van der Waals surface area contributed by atoms with E-state index in [4.69, 9.17) is 4.74 Å². The van der Waals surface area contributed by atoms with Crippen molar-refractivity contribution < 1.29 is 4.74 Å². The molecule has 4 nitrogen and oxygen atoms in total. The summed E-state index contributed by atoms with van der Waals surface area (Å²) in [4.78, 5) is 8.39. The molecule has 2 heterocycles. The third kappa shape index (κ3) is 2.70. The fourth-order valence-electron chi connectivity index (χ4n) is 1.97. The van der Waals surface area contributed by atoms with E-state index in [-0.39, 0.29) is 0 Å². The fourth-order valence-corrected chi connectivity index (χ4v) is 1.97. The Bertz CT molecular complexity index is 343. The van der Waals surface area contributed by atoms with Crippen molar-refractivity contribution in [3.63, 3.8) is 0 Å². The van der Waals surface area contributed by atoms with Gasteiger partial charge in [0.1, 0.15) is 12.1 Å². The largest absolute Gasteiger partial charge is 0.378 e. The van der Waals surface area contributed by atoms with Gasteiger partial charge in [-0.05, 0) is 19.8 Å². The zero-order valence-corrected chi connectivity index (χ0v) is 9.94. The first-order valence-electron chi connectivity index (χ1n) is 5.96. The van der Waals surface area contributed by atoms with Gasteiger partial charge in [-0.25, -0.2) is 9.97 Å². The predicted molar refractivity (Wildman–Crippen MR) is 63.4 cm³/mol. The molecule has 2 atom stereocenters. The molecule has 0 aliphatic carbocycles. The molecule has 0 aromatic carbocycles. The smallest absolute Gasteiger partial charge is 0.129 e. The highest BCUT2D eigenvalue weighted by Gasteiger charge is 2.23. The van der Waals surface area contributed by atoms with Crippen molar-refractivity contribution in [1.29, 1.82) is 0 Å². The van der Waals surface area contributed by atoms with E-state index in [1.54, 1.807) is 6.33 Å². The lowest BCUT2D eigenvalue weighted by Gasteiger charge is -2.15. The lowest BCUT2D eigenvalue weighted by atomic mass is 10.0. The Balaban J connectivity index is 1.88. The minimum atomic E-state index is 0.361. The second-order valence-corrected chi connectivity index (χ2v) is 4.25. The number of ether oxygens (including phenoxy) is 1. The average molecular weight is 221 g/mol. The number of rotatable bonds is 4. The molecule has 1 fully saturated rings. The molecule has 0 spiro atoms. The molecule has 88 valence electrons. The van der Waals surface area contributed by atoms with Gasteiger partial charge in [-0.3, -0.25) is 0 Å². The Morgan fingerprint density at radius 2 is 2.38 bits per heavy atom. The van der Waals surface area contributed by atoms with Crippen LogP contribution in [0.25, 0.3) is 0 Å². The number of hydrogen-bond donors (Lipinski definition) is 1. The maximum Gasteiger partial charge on any atom is 0.129 e. The molecule has 1 saturated heterocycles. The SMILES string of the molecule is CCc1cc(NCC2CCOC2C)ncn1. The van der Waals surface area contributed by atoms with Crippen molar-refractivity contribution in [1.82, 2.24) is 9.97 Å². The Morgan fingerprint density at radius 1 is 1.50 bits per heavy atom. The van der Waals surface area contributed by atoms with Crippen molar-refractivity contribution in [3.8, 4) is 0 Å². The summed E-state index contributed by atoms with van der Waals surface area (Å²) in [5.74, 6) is 1.52. The molecule has 0 radical (unpaired) electrons. The third-order valence-corrected chi connectivity index (χ3v) is 3.16. The minimum Gasteiger partial charge on any atom is -0.378 e. The van der Waals surface area contributed by atoms with Gasteiger partial charge < -0.3 is 10.1 Å². The van der Waals surface area contributed by atoms with Crippen LogP contribution in [0.15, 0.2) is 12.4 Å². The molecule has 4 heteroatoms. The molecule has 0 amide bonds. The summed E-state index contributed by atoms with van der Waals surface area (Å²) in [7, 11) is 0. The second kappa shape index (κ2) is 5.25. The first-order valence-corrected chi connectivity index (χ1v) is 5.96. The molecule has 1 aromatic heterocycles. The molecule has 16 heavy (non-hydrogen) atoms. The van der Waals surface area contributed by atoms with Gasteiger partial charge in [-0.15, -0.1) is 0 Å². The van der Waals surface area contributed by atoms with Crippen LogP contribution in [0.5, 0.6) is 0 Å². The summed E-state index contributed by atoms with van der Waals surface area (Å²) in [5, 5.41) is 3.36. The van der Waals surface area contributed by atoms with E-state index in [0.29, 0.717) is 12.0 Å². The molecule has 1 aliphatic rings. The van der Waals surface area contributed by atoms with Gasteiger partial charge >= 0.3 is 0 Å². The highest BCUT2D eigenvalue weighted by atomic mass is 16.5. The lowest BCUT2D eigenvalue weighted by Crippen LogP contribution is -2.21. The standard InChI is InChI=1S/C12H19N3O/c1-3-11-6-12(15-8-14-11)13-7-10-4-5-16-9(10)2/h6,8-10H,3-5,7H2,1-2H3,(H,13,14,15). The first kappa shape index (κ1) is 11.3. The van der Waals surface area contributed by atoms with Gasteiger partial charge in [0.15, 0.2) is 0 Å². The number of nitrogens with zero attached hydrogens (tertiary/aromatic N) is 2. The quantitative estimate of drug-likeness (QED) is 0.843. The molecule has 1 aliphatic heterocycles. The van der Waals surface area contributed by atoms with Gasteiger partial charge in [-0.1, -0.05) is 6.92 Å². The van der Waals surface area contributed by atoms with Crippen LogP contribution >= 0.6 is 0 Å². The lowest BCUT2D eigenvalue weighted by molar-refractivity contribution is 0.108. The van der Waals surface area contributed by atoms with E-state index < -0.39 is 0 Å². The summed E-state index contributed by atoms with van der Waals surface area (Å²) in [6, 6.07) is 2.01. The summed E-state index contributed by atoms with van der Waals surface area (Å²) < 4.78 is 5.53. The van der Waals surface area contributed by atoms with E-state index in [1.165, 1.54) is 0 Å². The molecule has 1 aromatic rings. The summed E-state index contributed by atoms with van der Waals surface area (Å²) >= 11 is 0. The van der Waals surface area contributed by atoms with Crippen LogP contribution in [-0.2, 0) is 11.2 Å². The van der Waals surface area contributed by atoms with Crippen molar-refractivity contribution in [2.24, 2.45) is 5.92 Å². The molecular weight excluding hydrogens is 202 g/mol. The van der Waals surface area contributed by atoms with Gasteiger partial charge in [0.2, 0.25) is 0 Å². The van der Waals surface area contributed by atoms with E-state index in [2.05, 4.69) is 29.1 Å². The Morgan fingerprint density at radius 3 is 3.06 bits per heavy atom. The van der Waals surface area contributed by atoms with Crippen LogP contribution in [0.2, 0.25) is 0 Å². The number of anilines is 1. The molecular formula is C12H19N3O.